The van der Waals surface area contributed by atoms with Crippen molar-refractivity contribution in [3.8, 4) is 0 Å². The van der Waals surface area contributed by atoms with Crippen LogP contribution in [-0.4, -0.2) is 34.3 Å². The minimum Gasteiger partial charge on any atom is -0.356 e. The first-order chi connectivity index (χ1) is 7.77. The summed E-state index contributed by atoms with van der Waals surface area (Å²) in [6, 6.07) is 0. The zero-order chi connectivity index (χ0) is 11.8. The molecule has 0 aliphatic carbocycles. The van der Waals surface area contributed by atoms with Crippen LogP contribution in [0.15, 0.2) is 11.3 Å². The molecule has 1 aromatic rings. The van der Waals surface area contributed by atoms with Crippen molar-refractivity contribution in [2.24, 2.45) is 12.0 Å². The SMILES string of the molecule is CCCCNC(=NC)NCc1ncnn1C.I. The Bertz CT molecular complexity index is 335. The van der Waals surface area contributed by atoms with Crippen molar-refractivity contribution in [1.29, 1.82) is 0 Å². The Morgan fingerprint density at radius 2 is 2.24 bits per heavy atom. The van der Waals surface area contributed by atoms with Gasteiger partial charge in [0.25, 0.3) is 0 Å². The molecule has 1 rings (SSSR count). The predicted molar refractivity (Wildman–Crippen MR) is 79.5 cm³/mol. The standard InChI is InChI=1S/C10H20N6.HI/c1-4-5-6-12-10(11-2)13-7-9-14-8-15-16(9)3;/h8H,4-7H2,1-3H3,(H2,11,12,13);1H. The number of nitrogens with one attached hydrogen (secondary N) is 2. The molecule has 0 fully saturated rings. The molecular formula is C10H21IN6. The third kappa shape index (κ3) is 5.85. The van der Waals surface area contributed by atoms with Crippen LogP contribution in [0.25, 0.3) is 0 Å². The molecule has 0 saturated carbocycles. The van der Waals surface area contributed by atoms with Crippen molar-refractivity contribution < 1.29 is 0 Å². The van der Waals surface area contributed by atoms with Gasteiger partial charge in [-0.15, -0.1) is 24.0 Å². The van der Waals surface area contributed by atoms with E-state index in [9.17, 15) is 0 Å². The molecule has 2 N–H and O–H groups in total. The summed E-state index contributed by atoms with van der Waals surface area (Å²) in [7, 11) is 3.63. The van der Waals surface area contributed by atoms with E-state index in [0.29, 0.717) is 6.54 Å². The van der Waals surface area contributed by atoms with Crippen LogP contribution in [0.5, 0.6) is 0 Å². The van der Waals surface area contributed by atoms with Crippen molar-refractivity contribution >= 4 is 29.9 Å². The number of aliphatic imine (C=N–C) groups is 1. The van der Waals surface area contributed by atoms with Gasteiger partial charge in [-0.05, 0) is 6.42 Å². The monoisotopic (exact) mass is 352 g/mol. The molecule has 6 nitrogen and oxygen atoms in total. The topological polar surface area (TPSA) is 67.1 Å². The summed E-state index contributed by atoms with van der Waals surface area (Å²) in [5.41, 5.74) is 0. The molecule has 0 saturated heterocycles. The van der Waals surface area contributed by atoms with Crippen LogP contribution in [0, 0.1) is 0 Å². The summed E-state index contributed by atoms with van der Waals surface area (Å²) in [5.74, 6) is 1.69. The highest BCUT2D eigenvalue weighted by atomic mass is 127. The lowest BCUT2D eigenvalue weighted by Crippen LogP contribution is -2.37. The second-order valence-corrected chi connectivity index (χ2v) is 3.51. The first-order valence-electron chi connectivity index (χ1n) is 5.55. The average Bonchev–Trinajstić information content (AvgIpc) is 2.69. The number of rotatable bonds is 5. The Kier molecular flexibility index (Phi) is 8.73. The fourth-order valence-corrected chi connectivity index (χ4v) is 1.25. The summed E-state index contributed by atoms with van der Waals surface area (Å²) >= 11 is 0. The fraction of sp³-hybridized carbons (Fsp3) is 0.700. The molecule has 0 spiro atoms. The van der Waals surface area contributed by atoms with E-state index in [0.717, 1.165) is 24.7 Å². The van der Waals surface area contributed by atoms with Gasteiger partial charge in [0.1, 0.15) is 12.2 Å². The highest BCUT2D eigenvalue weighted by Gasteiger charge is 2.01. The Balaban J connectivity index is 0.00000256. The van der Waals surface area contributed by atoms with Gasteiger partial charge >= 0.3 is 0 Å². The molecule has 0 atom stereocenters. The molecule has 0 aromatic carbocycles. The number of hydrogen-bond acceptors (Lipinski definition) is 3. The van der Waals surface area contributed by atoms with Gasteiger partial charge in [-0.3, -0.25) is 9.67 Å². The highest BCUT2D eigenvalue weighted by Crippen LogP contribution is 1.89. The third-order valence-corrected chi connectivity index (χ3v) is 2.27. The molecule has 0 aliphatic heterocycles. The maximum atomic E-state index is 4.13. The number of unbranched alkanes of at least 4 members (excludes halogenated alkanes) is 1. The van der Waals surface area contributed by atoms with Crippen molar-refractivity contribution in [2.75, 3.05) is 13.6 Å². The molecule has 0 radical (unpaired) electrons. The fourth-order valence-electron chi connectivity index (χ4n) is 1.25. The molecule has 17 heavy (non-hydrogen) atoms. The summed E-state index contributed by atoms with van der Waals surface area (Å²) in [6.45, 7) is 3.73. The smallest absolute Gasteiger partial charge is 0.191 e. The zero-order valence-electron chi connectivity index (χ0n) is 10.6. The molecule has 0 unspecified atom stereocenters. The van der Waals surface area contributed by atoms with Crippen LogP contribution in [0.4, 0.5) is 0 Å². The van der Waals surface area contributed by atoms with Crippen molar-refractivity contribution in [2.45, 2.75) is 26.3 Å². The van der Waals surface area contributed by atoms with Gasteiger partial charge in [0, 0.05) is 20.6 Å². The quantitative estimate of drug-likeness (QED) is 0.358. The van der Waals surface area contributed by atoms with Gasteiger partial charge in [-0.1, -0.05) is 13.3 Å². The van der Waals surface area contributed by atoms with Crippen LogP contribution in [-0.2, 0) is 13.6 Å². The average molecular weight is 352 g/mol. The first-order valence-corrected chi connectivity index (χ1v) is 5.55. The highest BCUT2D eigenvalue weighted by molar-refractivity contribution is 14.0. The minimum absolute atomic E-state index is 0. The molecule has 1 heterocycles. The second-order valence-electron chi connectivity index (χ2n) is 3.51. The van der Waals surface area contributed by atoms with Crippen molar-refractivity contribution in [1.82, 2.24) is 25.4 Å². The van der Waals surface area contributed by atoms with Crippen LogP contribution in [0.3, 0.4) is 0 Å². The number of guanidine groups is 1. The lowest BCUT2D eigenvalue weighted by Gasteiger charge is -2.10. The van der Waals surface area contributed by atoms with Gasteiger partial charge in [-0.2, -0.15) is 5.10 Å². The maximum absolute atomic E-state index is 4.13. The molecular weight excluding hydrogens is 331 g/mol. The van der Waals surface area contributed by atoms with Gasteiger partial charge in [-0.25, -0.2) is 4.98 Å². The Morgan fingerprint density at radius 1 is 1.47 bits per heavy atom. The van der Waals surface area contributed by atoms with E-state index in [1.165, 1.54) is 6.42 Å². The lowest BCUT2D eigenvalue weighted by atomic mass is 10.3. The van der Waals surface area contributed by atoms with Crippen LogP contribution in [0.2, 0.25) is 0 Å². The van der Waals surface area contributed by atoms with E-state index >= 15 is 0 Å². The normalized spacial score (nSPS) is 10.9. The van der Waals surface area contributed by atoms with E-state index in [1.807, 2.05) is 7.05 Å². The van der Waals surface area contributed by atoms with Gasteiger partial charge in [0.05, 0.1) is 6.54 Å². The Labute approximate surface area is 119 Å². The molecule has 1 aromatic heterocycles. The zero-order valence-corrected chi connectivity index (χ0v) is 12.9. The Hall–Kier alpha value is -0.860. The van der Waals surface area contributed by atoms with Gasteiger partial charge < -0.3 is 10.6 Å². The van der Waals surface area contributed by atoms with E-state index in [-0.39, 0.29) is 24.0 Å². The molecule has 0 amide bonds. The van der Waals surface area contributed by atoms with Crippen LogP contribution >= 0.6 is 24.0 Å². The van der Waals surface area contributed by atoms with E-state index in [1.54, 1.807) is 18.1 Å². The number of aromatic nitrogens is 3. The third-order valence-electron chi connectivity index (χ3n) is 2.27. The number of aryl methyl sites for hydroxylation is 1. The number of nitrogens with zero attached hydrogens (tertiary/aromatic N) is 4. The minimum atomic E-state index is 0. The van der Waals surface area contributed by atoms with Crippen molar-refractivity contribution in [3.05, 3.63) is 12.2 Å². The largest absolute Gasteiger partial charge is 0.356 e. The van der Waals surface area contributed by atoms with Crippen molar-refractivity contribution in [3.63, 3.8) is 0 Å². The number of hydrogen-bond donors (Lipinski definition) is 2. The van der Waals surface area contributed by atoms with E-state index in [4.69, 9.17) is 0 Å². The first kappa shape index (κ1) is 16.1. The predicted octanol–water partition coefficient (Wildman–Crippen LogP) is 0.898. The summed E-state index contributed by atoms with van der Waals surface area (Å²) in [6.07, 6.45) is 3.86. The molecule has 0 bridgehead atoms. The van der Waals surface area contributed by atoms with Crippen LogP contribution < -0.4 is 10.6 Å². The molecule has 98 valence electrons. The van der Waals surface area contributed by atoms with Gasteiger partial charge in [0.2, 0.25) is 0 Å². The number of halogens is 1. The van der Waals surface area contributed by atoms with E-state index in [2.05, 4.69) is 32.6 Å². The summed E-state index contributed by atoms with van der Waals surface area (Å²) in [5, 5.41) is 10.4. The van der Waals surface area contributed by atoms with E-state index < -0.39 is 0 Å². The Morgan fingerprint density at radius 3 is 2.76 bits per heavy atom. The molecule has 7 heteroatoms. The lowest BCUT2D eigenvalue weighted by molar-refractivity contribution is 0.667. The molecule has 0 aliphatic rings. The summed E-state index contributed by atoms with van der Waals surface area (Å²) in [4.78, 5) is 8.25. The van der Waals surface area contributed by atoms with Gasteiger partial charge in [0.15, 0.2) is 5.96 Å². The maximum Gasteiger partial charge on any atom is 0.191 e. The summed E-state index contributed by atoms with van der Waals surface area (Å²) < 4.78 is 1.74. The van der Waals surface area contributed by atoms with Crippen LogP contribution in [0.1, 0.15) is 25.6 Å². The second kappa shape index (κ2) is 9.20.